The largest absolute Gasteiger partial charge is 0.326 e. The number of carbonyl (C=O) groups is 2. The Morgan fingerprint density at radius 1 is 1.18 bits per heavy atom. The first kappa shape index (κ1) is 20.3. The van der Waals surface area contributed by atoms with Gasteiger partial charge < -0.3 is 10.6 Å². The van der Waals surface area contributed by atoms with Crippen molar-refractivity contribution in [3.05, 3.63) is 64.6 Å². The van der Waals surface area contributed by atoms with E-state index in [9.17, 15) is 9.59 Å². The van der Waals surface area contributed by atoms with Crippen LogP contribution in [0.3, 0.4) is 0 Å². The number of thioether (sulfide) groups is 1. The summed E-state index contributed by atoms with van der Waals surface area (Å²) in [5.74, 6) is -0.457. The van der Waals surface area contributed by atoms with Crippen LogP contribution in [0.5, 0.6) is 0 Å². The average molecular weight is 459 g/mol. The van der Waals surface area contributed by atoms with Gasteiger partial charge in [0.1, 0.15) is 5.25 Å². The minimum atomic E-state index is -0.522. The molecular weight excluding hydrogens is 440 g/mol. The molecule has 0 radical (unpaired) electrons. The first-order valence-corrected chi connectivity index (χ1v) is 10.5. The van der Waals surface area contributed by atoms with E-state index in [1.54, 1.807) is 12.1 Å². The molecule has 1 saturated heterocycles. The molecule has 0 aromatic heterocycles. The molecule has 6 nitrogen and oxygen atoms in total. The smallest absolute Gasteiger partial charge is 0.240 e. The Morgan fingerprint density at radius 3 is 2.57 bits per heavy atom. The first-order valence-electron chi connectivity index (χ1n) is 8.78. The fourth-order valence-corrected chi connectivity index (χ4v) is 3.75. The van der Waals surface area contributed by atoms with Crippen molar-refractivity contribution in [2.45, 2.75) is 25.0 Å². The standard InChI is InChI=1S/C20H19BrN4O2S/c1-2-16(13-6-4-3-5-7-13)24-25-20-23-19(27)17(28-20)12-18(26)22-15-10-8-14(21)9-11-15/h3-11,17H,2,12H2,1H3,(H,22,26)(H,23,25,27)/t17-/m1/s1. The van der Waals surface area contributed by atoms with Crippen molar-refractivity contribution in [1.29, 1.82) is 0 Å². The number of carbonyl (C=O) groups excluding carboxylic acids is 2. The number of anilines is 1. The topological polar surface area (TPSA) is 82.9 Å². The summed E-state index contributed by atoms with van der Waals surface area (Å²) in [5.41, 5.74) is 2.51. The van der Waals surface area contributed by atoms with Crippen LogP contribution in [0.1, 0.15) is 25.3 Å². The Kier molecular flexibility index (Phi) is 7.00. The molecule has 0 saturated carbocycles. The zero-order valence-electron chi connectivity index (χ0n) is 15.2. The van der Waals surface area contributed by atoms with E-state index in [2.05, 4.69) is 36.8 Å². The van der Waals surface area contributed by atoms with Crippen molar-refractivity contribution in [1.82, 2.24) is 5.32 Å². The van der Waals surface area contributed by atoms with E-state index in [1.165, 1.54) is 11.8 Å². The zero-order valence-corrected chi connectivity index (χ0v) is 17.6. The molecule has 2 amide bonds. The fraction of sp³-hybridized carbons (Fsp3) is 0.200. The van der Waals surface area contributed by atoms with Gasteiger partial charge in [0.25, 0.3) is 0 Å². The van der Waals surface area contributed by atoms with Gasteiger partial charge >= 0.3 is 0 Å². The van der Waals surface area contributed by atoms with E-state index in [0.717, 1.165) is 22.2 Å². The van der Waals surface area contributed by atoms with Gasteiger partial charge in [-0.05, 0) is 36.2 Å². The van der Waals surface area contributed by atoms with Crippen molar-refractivity contribution >= 4 is 56.1 Å². The van der Waals surface area contributed by atoms with Crippen LogP contribution in [0, 0.1) is 0 Å². The fourth-order valence-electron chi connectivity index (χ4n) is 2.57. The second kappa shape index (κ2) is 9.66. The van der Waals surface area contributed by atoms with E-state index in [4.69, 9.17) is 0 Å². The highest BCUT2D eigenvalue weighted by Gasteiger charge is 2.32. The van der Waals surface area contributed by atoms with E-state index >= 15 is 0 Å². The molecule has 1 atom stereocenters. The molecule has 2 N–H and O–H groups in total. The minimum Gasteiger partial charge on any atom is -0.326 e. The van der Waals surface area contributed by atoms with E-state index in [-0.39, 0.29) is 18.2 Å². The van der Waals surface area contributed by atoms with E-state index in [1.807, 2.05) is 49.4 Å². The molecule has 1 heterocycles. The predicted octanol–water partition coefficient (Wildman–Crippen LogP) is 4.18. The Labute approximate surface area is 176 Å². The predicted molar refractivity (Wildman–Crippen MR) is 118 cm³/mol. The number of hydrogen-bond donors (Lipinski definition) is 2. The van der Waals surface area contributed by atoms with Gasteiger partial charge in [-0.15, -0.1) is 5.10 Å². The summed E-state index contributed by atoms with van der Waals surface area (Å²) in [6, 6.07) is 17.0. The summed E-state index contributed by atoms with van der Waals surface area (Å²) < 4.78 is 0.930. The highest BCUT2D eigenvalue weighted by atomic mass is 79.9. The molecule has 1 fully saturated rings. The molecule has 0 spiro atoms. The number of nitrogens with zero attached hydrogens (tertiary/aromatic N) is 2. The van der Waals surface area contributed by atoms with Crippen LogP contribution in [0.4, 0.5) is 5.69 Å². The maximum atomic E-state index is 12.2. The molecule has 3 rings (SSSR count). The monoisotopic (exact) mass is 458 g/mol. The lowest BCUT2D eigenvalue weighted by Crippen LogP contribution is -2.28. The number of hydrogen-bond acceptors (Lipinski definition) is 5. The summed E-state index contributed by atoms with van der Waals surface area (Å²) >= 11 is 4.57. The summed E-state index contributed by atoms with van der Waals surface area (Å²) in [6.45, 7) is 2.00. The molecule has 8 heteroatoms. The Bertz CT molecular complexity index is 914. The molecule has 2 aromatic carbocycles. The zero-order chi connectivity index (χ0) is 19.9. The highest BCUT2D eigenvalue weighted by molar-refractivity contribution is 9.10. The summed E-state index contributed by atoms with van der Waals surface area (Å²) in [6.07, 6.45) is 0.785. The van der Waals surface area contributed by atoms with Crippen LogP contribution < -0.4 is 10.6 Å². The molecule has 0 unspecified atom stereocenters. The minimum absolute atomic E-state index is 0.0641. The lowest BCUT2D eigenvalue weighted by molar-refractivity contribution is -0.122. The molecular formula is C20H19BrN4O2S. The van der Waals surface area contributed by atoms with Gasteiger partial charge in [0.05, 0.1) is 5.71 Å². The van der Waals surface area contributed by atoms with Crippen molar-refractivity contribution in [2.75, 3.05) is 5.32 Å². The van der Waals surface area contributed by atoms with E-state index in [0.29, 0.717) is 10.9 Å². The van der Waals surface area contributed by atoms with Gasteiger partial charge in [0, 0.05) is 16.6 Å². The third-order valence-corrected chi connectivity index (χ3v) is 5.58. The maximum absolute atomic E-state index is 12.2. The van der Waals surface area contributed by atoms with Crippen LogP contribution in [-0.2, 0) is 9.59 Å². The molecule has 2 aromatic rings. The van der Waals surface area contributed by atoms with Crippen molar-refractivity contribution in [2.24, 2.45) is 10.2 Å². The number of halogens is 1. The number of amidine groups is 1. The third-order valence-electron chi connectivity index (χ3n) is 3.98. The van der Waals surface area contributed by atoms with Crippen LogP contribution in [-0.4, -0.2) is 27.9 Å². The van der Waals surface area contributed by atoms with Gasteiger partial charge in [-0.25, -0.2) is 0 Å². The number of benzene rings is 2. The van der Waals surface area contributed by atoms with Crippen LogP contribution >= 0.6 is 27.7 Å². The highest BCUT2D eigenvalue weighted by Crippen LogP contribution is 2.23. The van der Waals surface area contributed by atoms with Crippen molar-refractivity contribution < 1.29 is 9.59 Å². The van der Waals surface area contributed by atoms with Crippen molar-refractivity contribution in [3.63, 3.8) is 0 Å². The maximum Gasteiger partial charge on any atom is 0.240 e. The summed E-state index contributed by atoms with van der Waals surface area (Å²) in [5, 5.41) is 13.8. The number of nitrogens with one attached hydrogen (secondary N) is 2. The van der Waals surface area contributed by atoms with Gasteiger partial charge in [-0.1, -0.05) is 64.9 Å². The lowest BCUT2D eigenvalue weighted by Gasteiger charge is -2.07. The summed E-state index contributed by atoms with van der Waals surface area (Å²) in [7, 11) is 0. The summed E-state index contributed by atoms with van der Waals surface area (Å²) in [4.78, 5) is 24.4. The van der Waals surface area contributed by atoms with Crippen molar-refractivity contribution in [3.8, 4) is 0 Å². The molecule has 144 valence electrons. The second-order valence-electron chi connectivity index (χ2n) is 6.03. The molecule has 0 aliphatic carbocycles. The van der Waals surface area contributed by atoms with Crippen LogP contribution in [0.25, 0.3) is 0 Å². The quantitative estimate of drug-likeness (QED) is 0.502. The van der Waals surface area contributed by atoms with Gasteiger partial charge in [-0.3, -0.25) is 9.59 Å². The van der Waals surface area contributed by atoms with Gasteiger partial charge in [-0.2, -0.15) is 5.10 Å². The SMILES string of the molecule is CCC(=NN=C1NC(=O)[C@@H](CC(=O)Nc2ccc(Br)cc2)S1)c1ccccc1. The molecule has 0 bridgehead atoms. The molecule has 28 heavy (non-hydrogen) atoms. The Hall–Kier alpha value is -2.45. The van der Waals surface area contributed by atoms with E-state index < -0.39 is 5.25 Å². The molecule has 1 aliphatic rings. The number of rotatable bonds is 6. The first-order chi connectivity index (χ1) is 13.5. The molecule has 1 aliphatic heterocycles. The Morgan fingerprint density at radius 2 is 1.89 bits per heavy atom. The average Bonchev–Trinajstić information content (AvgIpc) is 3.04. The second-order valence-corrected chi connectivity index (χ2v) is 8.13. The normalized spacial score (nSPS) is 18.2. The van der Waals surface area contributed by atoms with Crippen LogP contribution in [0.15, 0.2) is 69.3 Å². The Balaban J connectivity index is 1.61. The van der Waals surface area contributed by atoms with Gasteiger partial charge in [0.15, 0.2) is 5.17 Å². The van der Waals surface area contributed by atoms with Gasteiger partial charge in [0.2, 0.25) is 11.8 Å². The number of amides is 2. The lowest BCUT2D eigenvalue weighted by atomic mass is 10.1. The van der Waals surface area contributed by atoms with Crippen LogP contribution in [0.2, 0.25) is 0 Å². The third kappa shape index (κ3) is 5.53.